The van der Waals surface area contributed by atoms with Crippen LogP contribution in [0.4, 0.5) is 0 Å². The third-order valence-corrected chi connectivity index (χ3v) is 24.1. The topological polar surface area (TPSA) is 0 Å². The van der Waals surface area contributed by atoms with Crippen LogP contribution >= 0.6 is 31.7 Å². The molecule has 0 aromatic heterocycles. The Morgan fingerprint density at radius 1 is 0.435 bits per heavy atom. The average Bonchev–Trinajstić information content (AvgIpc) is 3.59. The van der Waals surface area contributed by atoms with Crippen molar-refractivity contribution in [2.24, 2.45) is 0 Å². The molecule has 0 bridgehead atoms. The largest absolute Gasteiger partial charge is 0.101 e. The lowest BCUT2D eigenvalue weighted by Gasteiger charge is -2.35. The van der Waals surface area contributed by atoms with Crippen molar-refractivity contribution in [2.75, 3.05) is 12.3 Å². The summed E-state index contributed by atoms with van der Waals surface area (Å²) in [4.78, 5) is 0. The van der Waals surface area contributed by atoms with Gasteiger partial charge in [-0.2, -0.15) is 0 Å². The van der Waals surface area contributed by atoms with Crippen LogP contribution in [0.15, 0.2) is 121 Å². The van der Waals surface area contributed by atoms with Gasteiger partial charge in [0, 0.05) is 0 Å². The summed E-state index contributed by atoms with van der Waals surface area (Å²) in [5.41, 5.74) is 5.41. The minimum Gasteiger partial charge on any atom is -0.101 e. The van der Waals surface area contributed by atoms with Gasteiger partial charge in [-0.25, -0.2) is 0 Å². The summed E-state index contributed by atoms with van der Waals surface area (Å²) in [6, 6.07) is 44.5. The van der Waals surface area contributed by atoms with Crippen LogP contribution in [-0.4, -0.2) is 46.3 Å². The summed E-state index contributed by atoms with van der Waals surface area (Å²) in [5.74, 6) is 0. The van der Waals surface area contributed by atoms with E-state index in [9.17, 15) is 0 Å². The lowest BCUT2D eigenvalue weighted by atomic mass is 10.2. The Kier molecular flexibility index (Phi) is 13.9. The van der Waals surface area contributed by atoms with Gasteiger partial charge in [0.2, 0.25) is 0 Å². The number of hydrogen-bond acceptors (Lipinski definition) is 0. The molecule has 2 saturated heterocycles. The monoisotopic (exact) mass is 684 g/mol. The molecule has 4 aromatic carbocycles. The van der Waals surface area contributed by atoms with E-state index in [4.69, 9.17) is 0 Å². The van der Waals surface area contributed by atoms with Crippen LogP contribution in [-0.2, 0) is 0 Å². The van der Waals surface area contributed by atoms with Gasteiger partial charge in [0.05, 0.1) is 0 Å². The molecule has 0 N–H and O–H groups in total. The molecule has 0 aliphatic carbocycles. The molecule has 4 aromatic rings. The van der Waals surface area contributed by atoms with Crippen molar-refractivity contribution in [2.45, 2.75) is 101 Å². The summed E-state index contributed by atoms with van der Waals surface area (Å²) >= 11 is 0. The highest BCUT2D eigenvalue weighted by Crippen LogP contribution is 2.61. The smallest absolute Gasteiger partial charge is 0.00861 e. The fourth-order valence-corrected chi connectivity index (χ4v) is 21.0. The van der Waals surface area contributed by atoms with Gasteiger partial charge in [0.15, 0.2) is 0 Å². The number of hydrogen-bond donors (Lipinski definition) is 0. The Morgan fingerprint density at radius 2 is 0.652 bits per heavy atom. The quantitative estimate of drug-likeness (QED) is 0.146. The maximum absolute atomic E-state index is 2.52. The highest BCUT2D eigenvalue weighted by atomic mass is 31.1. The molecular formula is C42H56P4. The molecule has 0 radical (unpaired) electrons. The molecule has 6 unspecified atom stereocenters. The minimum absolute atomic E-state index is 0.394. The van der Waals surface area contributed by atoms with Crippen molar-refractivity contribution < 1.29 is 0 Å². The van der Waals surface area contributed by atoms with Crippen LogP contribution < -0.4 is 21.2 Å². The summed E-state index contributed by atoms with van der Waals surface area (Å²) in [5, 5.41) is 5.87. The van der Waals surface area contributed by atoms with Gasteiger partial charge in [0.1, 0.15) is 0 Å². The van der Waals surface area contributed by atoms with Crippen LogP contribution in [0.25, 0.3) is 0 Å². The Balaban J connectivity index is 0.000000219. The summed E-state index contributed by atoms with van der Waals surface area (Å²) < 4.78 is 0. The van der Waals surface area contributed by atoms with E-state index in [-0.39, 0.29) is 0 Å². The first kappa shape index (κ1) is 35.9. The predicted octanol–water partition coefficient (Wildman–Crippen LogP) is 11.1. The molecule has 0 nitrogen and oxygen atoms in total. The molecule has 46 heavy (non-hydrogen) atoms. The molecule has 244 valence electrons. The maximum atomic E-state index is 2.52. The highest BCUT2D eigenvalue weighted by Gasteiger charge is 2.34. The molecule has 2 fully saturated rings. The molecule has 2 aliphatic rings. The van der Waals surface area contributed by atoms with Gasteiger partial charge >= 0.3 is 0 Å². The van der Waals surface area contributed by atoms with E-state index in [2.05, 4.69) is 163 Å². The molecule has 6 rings (SSSR count). The van der Waals surface area contributed by atoms with Crippen LogP contribution in [0.3, 0.4) is 0 Å². The van der Waals surface area contributed by atoms with Crippen LogP contribution in [0, 0.1) is 0 Å². The van der Waals surface area contributed by atoms with Crippen molar-refractivity contribution >= 4 is 52.9 Å². The molecule has 0 spiro atoms. The Hall–Kier alpha value is -1.40. The molecule has 0 amide bonds. The van der Waals surface area contributed by atoms with Crippen LogP contribution in [0.5, 0.6) is 0 Å². The summed E-state index contributed by atoms with van der Waals surface area (Å²) in [6.45, 7) is 15.0. The van der Waals surface area contributed by atoms with Crippen molar-refractivity contribution in [1.29, 1.82) is 0 Å². The first-order valence-electron chi connectivity index (χ1n) is 17.6. The number of benzene rings is 4. The Morgan fingerprint density at radius 3 is 0.870 bits per heavy atom. The summed E-state index contributed by atoms with van der Waals surface area (Å²) in [7, 11) is -0.108. The Bertz CT molecular complexity index is 1200. The van der Waals surface area contributed by atoms with Crippen molar-refractivity contribution in [3.63, 3.8) is 0 Å². The van der Waals surface area contributed by atoms with E-state index in [0.717, 1.165) is 22.6 Å². The van der Waals surface area contributed by atoms with E-state index >= 15 is 0 Å². The van der Waals surface area contributed by atoms with Crippen LogP contribution in [0.2, 0.25) is 0 Å². The van der Waals surface area contributed by atoms with E-state index in [1.54, 1.807) is 12.3 Å². The average molecular weight is 685 g/mol. The standard InChI is InChI=1S/C28H28P2.C14H28P2/c1-23(29(25-15-7-3-8-16-25)26-17-9-4-10-18-26)24(2)30(27-19-11-5-12-20-27)28-21-13-6-14-22-28;1-11-5-6-12(2)15(11)9-10-16-13(3)7-8-14(16)4/h3-24H,1-2H3;11-14H,5-10H2,1-4H3. The second-order valence-electron chi connectivity index (χ2n) is 13.6. The van der Waals surface area contributed by atoms with Gasteiger partial charge in [-0.05, 0) is 109 Å². The molecule has 2 aliphatic heterocycles. The lowest BCUT2D eigenvalue weighted by molar-refractivity contribution is 0.777. The van der Waals surface area contributed by atoms with Crippen molar-refractivity contribution in [3.05, 3.63) is 121 Å². The van der Waals surface area contributed by atoms with E-state index < -0.39 is 15.8 Å². The van der Waals surface area contributed by atoms with Crippen molar-refractivity contribution in [3.8, 4) is 0 Å². The molecule has 6 atom stereocenters. The third-order valence-electron chi connectivity index (χ3n) is 10.5. The SMILES string of the molecule is CC(C(C)P(c1ccccc1)c1ccccc1)P(c1ccccc1)c1ccccc1.CC1CCC(C)P1CCP1C(C)CCC1C. The zero-order valence-corrected chi connectivity index (χ0v) is 32.6. The zero-order chi connectivity index (χ0) is 32.5. The normalized spacial score (nSPS) is 25.7. The maximum Gasteiger partial charge on any atom is -0.00861 e. The lowest BCUT2D eigenvalue weighted by Crippen LogP contribution is -2.31. The zero-order valence-electron chi connectivity index (χ0n) is 29.0. The van der Waals surface area contributed by atoms with Gasteiger partial charge in [0.25, 0.3) is 0 Å². The van der Waals surface area contributed by atoms with E-state index in [0.29, 0.717) is 27.2 Å². The van der Waals surface area contributed by atoms with Gasteiger partial charge in [-0.15, -0.1) is 15.8 Å². The molecule has 4 heteroatoms. The summed E-state index contributed by atoms with van der Waals surface area (Å²) in [6.07, 6.45) is 9.31. The van der Waals surface area contributed by atoms with Crippen LogP contribution in [0.1, 0.15) is 67.2 Å². The van der Waals surface area contributed by atoms with Gasteiger partial charge in [-0.1, -0.05) is 163 Å². The molecule has 0 saturated carbocycles. The number of rotatable bonds is 10. The van der Waals surface area contributed by atoms with Gasteiger partial charge in [-0.3, -0.25) is 0 Å². The highest BCUT2D eigenvalue weighted by molar-refractivity contribution is 7.77. The van der Waals surface area contributed by atoms with Crippen molar-refractivity contribution in [1.82, 2.24) is 0 Å². The first-order chi connectivity index (χ1) is 22.3. The third kappa shape index (κ3) is 9.18. The fourth-order valence-electron chi connectivity index (χ4n) is 7.63. The Labute approximate surface area is 286 Å². The predicted molar refractivity (Wildman–Crippen MR) is 217 cm³/mol. The van der Waals surface area contributed by atoms with E-state index in [1.165, 1.54) is 46.9 Å². The second-order valence-corrected chi connectivity index (χ2v) is 25.2. The molecule has 2 heterocycles. The minimum atomic E-state index is -0.448. The second kappa shape index (κ2) is 17.8. The molecular weight excluding hydrogens is 628 g/mol. The first-order valence-corrected chi connectivity index (χ1v) is 23.8. The van der Waals surface area contributed by atoms with Gasteiger partial charge < -0.3 is 0 Å². The van der Waals surface area contributed by atoms with E-state index in [1.807, 2.05) is 0 Å². The fraction of sp³-hybridized carbons (Fsp3) is 0.429.